The average Bonchev–Trinajstić information content (AvgIpc) is 3.23. The van der Waals surface area contributed by atoms with Gasteiger partial charge >= 0.3 is 0 Å². The number of nitrogens with zero attached hydrogens (tertiary/aromatic N) is 3. The number of carbonyl (C=O) groups excluding carboxylic acids is 1. The lowest BCUT2D eigenvalue weighted by atomic mass is 10.0. The minimum atomic E-state index is -0.301. The van der Waals surface area contributed by atoms with Crippen molar-refractivity contribution in [2.24, 2.45) is 0 Å². The topological polar surface area (TPSA) is 59.8 Å². The molecule has 6 heteroatoms. The van der Waals surface area contributed by atoms with Gasteiger partial charge in [0.05, 0.1) is 34.4 Å². The van der Waals surface area contributed by atoms with Crippen LogP contribution in [0.5, 0.6) is 0 Å². The van der Waals surface area contributed by atoms with Gasteiger partial charge in [0.2, 0.25) is 0 Å². The molecule has 5 aromatic rings. The Bertz CT molecular complexity index is 1540. The monoisotopic (exact) mass is 450 g/mol. The van der Waals surface area contributed by atoms with Crippen molar-refractivity contribution >= 4 is 22.5 Å². The van der Waals surface area contributed by atoms with Gasteiger partial charge in [0.25, 0.3) is 5.91 Å². The van der Waals surface area contributed by atoms with Crippen LogP contribution >= 0.6 is 0 Å². The number of para-hydroxylation sites is 1. The van der Waals surface area contributed by atoms with Gasteiger partial charge < -0.3 is 5.32 Å². The predicted octanol–water partition coefficient (Wildman–Crippen LogP) is 6.40. The first-order chi connectivity index (χ1) is 16.4. The van der Waals surface area contributed by atoms with Gasteiger partial charge in [-0.15, -0.1) is 0 Å². The number of carbonyl (C=O) groups is 1. The third-order valence-electron chi connectivity index (χ3n) is 6.17. The van der Waals surface area contributed by atoms with Crippen molar-refractivity contribution in [3.63, 3.8) is 0 Å². The molecule has 0 radical (unpaired) electrons. The largest absolute Gasteiger partial charge is 0.322 e. The lowest BCUT2D eigenvalue weighted by Crippen LogP contribution is -2.14. The molecule has 0 fully saturated rings. The van der Waals surface area contributed by atoms with Crippen LogP contribution in [0.25, 0.3) is 27.8 Å². The molecular weight excluding hydrogens is 427 g/mol. The summed E-state index contributed by atoms with van der Waals surface area (Å²) in [4.78, 5) is 18.2. The average molecular weight is 451 g/mol. The number of hydrogen-bond acceptors (Lipinski definition) is 3. The molecule has 0 spiro atoms. The summed E-state index contributed by atoms with van der Waals surface area (Å²) in [6.07, 6.45) is 1.72. The summed E-state index contributed by atoms with van der Waals surface area (Å²) < 4.78 is 15.1. The molecule has 168 valence electrons. The van der Waals surface area contributed by atoms with Crippen molar-refractivity contribution in [3.8, 4) is 16.9 Å². The zero-order valence-electron chi connectivity index (χ0n) is 19.1. The second-order valence-electron chi connectivity index (χ2n) is 8.31. The Morgan fingerprint density at radius 1 is 0.941 bits per heavy atom. The van der Waals surface area contributed by atoms with Crippen LogP contribution in [0.15, 0.2) is 79.0 Å². The highest BCUT2D eigenvalue weighted by Gasteiger charge is 2.18. The fourth-order valence-corrected chi connectivity index (χ4v) is 4.08. The van der Waals surface area contributed by atoms with Crippen LogP contribution in [-0.4, -0.2) is 20.7 Å². The normalized spacial score (nSPS) is 11.1. The Labute approximate surface area is 196 Å². The van der Waals surface area contributed by atoms with Crippen LogP contribution in [0.3, 0.4) is 0 Å². The van der Waals surface area contributed by atoms with E-state index in [9.17, 15) is 9.18 Å². The molecule has 1 amide bonds. The number of nitrogens with one attached hydrogen (secondary N) is 1. The van der Waals surface area contributed by atoms with E-state index in [-0.39, 0.29) is 11.7 Å². The number of halogens is 1. The van der Waals surface area contributed by atoms with E-state index >= 15 is 0 Å². The first kappa shape index (κ1) is 21.5. The highest BCUT2D eigenvalue weighted by Crippen LogP contribution is 2.29. The molecule has 0 atom stereocenters. The fourth-order valence-electron chi connectivity index (χ4n) is 4.08. The molecule has 0 unspecified atom stereocenters. The first-order valence-electron chi connectivity index (χ1n) is 11.0. The lowest BCUT2D eigenvalue weighted by Gasteiger charge is -2.13. The van der Waals surface area contributed by atoms with E-state index in [0.717, 1.165) is 44.7 Å². The number of aryl methyl sites for hydroxylation is 1. The van der Waals surface area contributed by atoms with Crippen LogP contribution in [0.1, 0.15) is 27.2 Å². The second kappa shape index (κ2) is 8.56. The Morgan fingerprint density at radius 2 is 1.71 bits per heavy atom. The summed E-state index contributed by atoms with van der Waals surface area (Å²) in [5.74, 6) is -0.499. The van der Waals surface area contributed by atoms with Crippen molar-refractivity contribution in [1.82, 2.24) is 14.8 Å². The van der Waals surface area contributed by atoms with Crippen LogP contribution in [0.4, 0.5) is 10.1 Å². The minimum absolute atomic E-state index is 0.197. The second-order valence-corrected chi connectivity index (χ2v) is 8.31. The molecule has 5 rings (SSSR count). The molecule has 2 aromatic heterocycles. The highest BCUT2D eigenvalue weighted by molar-refractivity contribution is 6.13. The summed E-state index contributed by atoms with van der Waals surface area (Å²) >= 11 is 0. The van der Waals surface area contributed by atoms with Gasteiger partial charge in [0.1, 0.15) is 5.82 Å². The van der Waals surface area contributed by atoms with Gasteiger partial charge in [0, 0.05) is 16.6 Å². The molecule has 0 bridgehead atoms. The molecule has 2 heterocycles. The molecule has 1 N–H and O–H groups in total. The van der Waals surface area contributed by atoms with Gasteiger partial charge in [-0.3, -0.25) is 4.79 Å². The Hall–Kier alpha value is -4.32. The maximum absolute atomic E-state index is 13.4. The van der Waals surface area contributed by atoms with E-state index < -0.39 is 0 Å². The molecule has 0 saturated heterocycles. The standard InChI is InChI=1S/C28H23FN4O/c1-17-7-6-10-25(18(17)2)32-28(34)23-15-27(31-26-9-5-4-8-22(23)26)24-16-30-33(19(24)3)21-13-11-20(29)12-14-21/h4-16H,1-3H3,(H,32,34). The summed E-state index contributed by atoms with van der Waals surface area (Å²) in [7, 11) is 0. The number of hydrogen-bond donors (Lipinski definition) is 1. The molecule has 5 nitrogen and oxygen atoms in total. The fraction of sp³-hybridized carbons (Fsp3) is 0.107. The molecule has 0 aliphatic rings. The molecule has 0 saturated carbocycles. The van der Waals surface area contributed by atoms with Crippen molar-refractivity contribution in [1.29, 1.82) is 0 Å². The Kier molecular flexibility index (Phi) is 5.42. The van der Waals surface area contributed by atoms with E-state index in [4.69, 9.17) is 4.98 Å². The summed E-state index contributed by atoms with van der Waals surface area (Å²) in [5.41, 5.74) is 7.23. The molecular formula is C28H23FN4O. The number of aromatic nitrogens is 3. The molecule has 3 aromatic carbocycles. The van der Waals surface area contributed by atoms with Crippen molar-refractivity contribution < 1.29 is 9.18 Å². The van der Waals surface area contributed by atoms with Crippen LogP contribution in [-0.2, 0) is 0 Å². The lowest BCUT2D eigenvalue weighted by molar-refractivity contribution is 0.102. The van der Waals surface area contributed by atoms with Gasteiger partial charge in [-0.2, -0.15) is 5.10 Å². The maximum atomic E-state index is 13.4. The number of amides is 1. The summed E-state index contributed by atoms with van der Waals surface area (Å²) in [6, 6.07) is 21.4. The van der Waals surface area contributed by atoms with Crippen molar-refractivity contribution in [2.45, 2.75) is 20.8 Å². The van der Waals surface area contributed by atoms with Gasteiger partial charge in [0.15, 0.2) is 0 Å². The van der Waals surface area contributed by atoms with Gasteiger partial charge in [-0.1, -0.05) is 30.3 Å². The zero-order chi connectivity index (χ0) is 23.8. The van der Waals surface area contributed by atoms with E-state index in [2.05, 4.69) is 10.4 Å². The SMILES string of the molecule is Cc1cccc(NC(=O)c2cc(-c3cnn(-c4ccc(F)cc4)c3C)nc3ccccc23)c1C. The smallest absolute Gasteiger partial charge is 0.256 e. The van der Waals surface area contributed by atoms with E-state index in [1.54, 1.807) is 23.0 Å². The van der Waals surface area contributed by atoms with E-state index in [1.165, 1.54) is 12.1 Å². The number of fused-ring (bicyclic) bond motifs is 1. The van der Waals surface area contributed by atoms with Crippen LogP contribution in [0.2, 0.25) is 0 Å². The van der Waals surface area contributed by atoms with Gasteiger partial charge in [-0.05, 0) is 74.4 Å². The van der Waals surface area contributed by atoms with E-state index in [1.807, 2.05) is 69.3 Å². The van der Waals surface area contributed by atoms with Crippen molar-refractivity contribution in [2.75, 3.05) is 5.32 Å². The van der Waals surface area contributed by atoms with Gasteiger partial charge in [-0.25, -0.2) is 14.1 Å². The van der Waals surface area contributed by atoms with E-state index in [0.29, 0.717) is 11.3 Å². The molecule has 34 heavy (non-hydrogen) atoms. The highest BCUT2D eigenvalue weighted by atomic mass is 19.1. The first-order valence-corrected chi connectivity index (χ1v) is 11.0. The number of pyridine rings is 1. The number of rotatable bonds is 4. The van der Waals surface area contributed by atoms with Crippen LogP contribution in [0, 0.1) is 26.6 Å². The Morgan fingerprint density at radius 3 is 2.50 bits per heavy atom. The molecule has 0 aliphatic carbocycles. The predicted molar refractivity (Wildman–Crippen MR) is 133 cm³/mol. The molecule has 0 aliphatic heterocycles. The Balaban J connectivity index is 1.60. The summed E-state index contributed by atoms with van der Waals surface area (Å²) in [6.45, 7) is 5.94. The van der Waals surface area contributed by atoms with Crippen molar-refractivity contribution in [3.05, 3.63) is 107 Å². The number of benzene rings is 3. The summed E-state index contributed by atoms with van der Waals surface area (Å²) in [5, 5.41) is 8.33. The quantitative estimate of drug-likeness (QED) is 0.344. The number of anilines is 1. The minimum Gasteiger partial charge on any atom is -0.322 e. The third-order valence-corrected chi connectivity index (χ3v) is 6.17. The third kappa shape index (κ3) is 3.83. The zero-order valence-corrected chi connectivity index (χ0v) is 19.1. The van der Waals surface area contributed by atoms with Crippen LogP contribution < -0.4 is 5.32 Å². The maximum Gasteiger partial charge on any atom is 0.256 e.